The van der Waals surface area contributed by atoms with Gasteiger partial charge in [-0.2, -0.15) is 0 Å². The van der Waals surface area contributed by atoms with Crippen molar-refractivity contribution in [2.45, 2.75) is 13.5 Å². The molecule has 0 saturated heterocycles. The van der Waals surface area contributed by atoms with E-state index in [1.807, 2.05) is 16.7 Å². The molecule has 2 aromatic rings. The number of hydrogen-bond donors (Lipinski definition) is 0. The highest BCUT2D eigenvalue weighted by atomic mass is 16.5. The first-order valence-corrected chi connectivity index (χ1v) is 5.46. The van der Waals surface area contributed by atoms with Crippen LogP contribution in [0, 0.1) is 12.1 Å². The summed E-state index contributed by atoms with van der Waals surface area (Å²) in [6.07, 6.45) is 4.72. The number of benzene rings is 1. The van der Waals surface area contributed by atoms with Crippen molar-refractivity contribution < 1.29 is 4.73 Å². The lowest BCUT2D eigenvalue weighted by atomic mass is 10.1. The van der Waals surface area contributed by atoms with Crippen molar-refractivity contribution in [1.29, 1.82) is 0 Å². The molecule has 0 atom stereocenters. The number of aliphatic imine (C=N–C) groups is 1. The standard InChI is InChI=1S/C13H15N3O/c1-11-3-5-12(6-4-11)13(14-2)9-15-7-8-16(17)10-15/h3-8,10H,9H2,1-2H3. The van der Waals surface area contributed by atoms with Gasteiger partial charge in [0.2, 0.25) is 6.33 Å². The summed E-state index contributed by atoms with van der Waals surface area (Å²) in [7, 11) is 1.77. The van der Waals surface area contributed by atoms with E-state index >= 15 is 0 Å². The second-order valence-electron chi connectivity index (χ2n) is 3.98. The predicted molar refractivity (Wildman–Crippen MR) is 67.0 cm³/mol. The summed E-state index contributed by atoms with van der Waals surface area (Å²) in [4.78, 5) is 4.28. The van der Waals surface area contributed by atoms with Gasteiger partial charge >= 0.3 is 0 Å². The Bertz CT molecular complexity index is 526. The molecule has 0 aliphatic rings. The number of rotatable bonds is 3. The maximum Gasteiger partial charge on any atom is 0.247 e. The minimum Gasteiger partial charge on any atom is -0.711 e. The highest BCUT2D eigenvalue weighted by Crippen LogP contribution is 2.06. The molecule has 1 aromatic carbocycles. The van der Waals surface area contributed by atoms with Gasteiger partial charge in [0.1, 0.15) is 18.9 Å². The fourth-order valence-electron chi connectivity index (χ4n) is 1.68. The molecule has 88 valence electrons. The van der Waals surface area contributed by atoms with Crippen molar-refractivity contribution in [1.82, 2.24) is 4.57 Å². The Morgan fingerprint density at radius 1 is 1.35 bits per heavy atom. The molecule has 17 heavy (non-hydrogen) atoms. The average Bonchev–Trinajstić information content (AvgIpc) is 2.73. The first kappa shape index (κ1) is 11.4. The maximum atomic E-state index is 11.0. The van der Waals surface area contributed by atoms with E-state index in [1.54, 1.807) is 13.2 Å². The summed E-state index contributed by atoms with van der Waals surface area (Å²) in [5.74, 6) is 0. The molecular weight excluding hydrogens is 214 g/mol. The Kier molecular flexibility index (Phi) is 3.23. The average molecular weight is 229 g/mol. The zero-order chi connectivity index (χ0) is 12.3. The number of aryl methyl sites for hydroxylation is 1. The molecule has 4 nitrogen and oxygen atoms in total. The molecule has 4 heteroatoms. The molecule has 0 spiro atoms. The lowest BCUT2D eigenvalue weighted by Crippen LogP contribution is -2.22. The quantitative estimate of drug-likeness (QED) is 0.447. The van der Waals surface area contributed by atoms with Crippen molar-refractivity contribution in [2.75, 3.05) is 7.05 Å². The molecule has 2 rings (SSSR count). The maximum absolute atomic E-state index is 11.0. The van der Waals surface area contributed by atoms with E-state index < -0.39 is 0 Å². The van der Waals surface area contributed by atoms with Crippen LogP contribution in [0.2, 0.25) is 0 Å². The van der Waals surface area contributed by atoms with Crippen LogP contribution in [0.3, 0.4) is 0 Å². The molecule has 1 heterocycles. The van der Waals surface area contributed by atoms with Crippen molar-refractivity contribution in [2.24, 2.45) is 4.99 Å². The van der Waals surface area contributed by atoms with E-state index in [9.17, 15) is 5.21 Å². The Labute approximate surface area is 100 Å². The molecule has 0 radical (unpaired) electrons. The summed E-state index contributed by atoms with van der Waals surface area (Å²) in [6, 6.07) is 8.22. The van der Waals surface area contributed by atoms with E-state index in [2.05, 4.69) is 24.0 Å². The molecular formula is C13H15N3O. The van der Waals surface area contributed by atoms with Crippen molar-refractivity contribution in [3.8, 4) is 0 Å². The number of nitrogens with zero attached hydrogens (tertiary/aromatic N) is 3. The van der Waals surface area contributed by atoms with Gasteiger partial charge in [-0.1, -0.05) is 29.8 Å². The first-order valence-electron chi connectivity index (χ1n) is 5.46. The molecule has 1 aromatic heterocycles. The number of hydrogen-bond acceptors (Lipinski definition) is 2. The molecule has 0 unspecified atom stereocenters. The fraction of sp³-hybridized carbons (Fsp3) is 0.231. The van der Waals surface area contributed by atoms with Crippen LogP contribution in [-0.4, -0.2) is 17.3 Å². The van der Waals surface area contributed by atoms with Crippen LogP contribution in [0.1, 0.15) is 11.1 Å². The normalized spacial score (nSPS) is 11.8. The second-order valence-corrected chi connectivity index (χ2v) is 3.98. The van der Waals surface area contributed by atoms with Gasteiger partial charge in [-0.3, -0.25) is 4.99 Å². The lowest BCUT2D eigenvalue weighted by molar-refractivity contribution is -0.604. The molecule has 0 fully saturated rings. The highest BCUT2D eigenvalue weighted by molar-refractivity contribution is 6.00. The van der Waals surface area contributed by atoms with Gasteiger partial charge in [0.25, 0.3) is 0 Å². The zero-order valence-corrected chi connectivity index (χ0v) is 10.00. The summed E-state index contributed by atoms with van der Waals surface area (Å²) in [5.41, 5.74) is 3.27. The number of aromatic nitrogens is 2. The first-order chi connectivity index (χ1) is 8.19. The van der Waals surface area contributed by atoms with Gasteiger partial charge in [0.15, 0.2) is 0 Å². The summed E-state index contributed by atoms with van der Waals surface area (Å²) in [5, 5.41) is 11.0. The summed E-state index contributed by atoms with van der Waals surface area (Å²) in [6.45, 7) is 2.66. The van der Waals surface area contributed by atoms with E-state index in [4.69, 9.17) is 0 Å². The molecule has 0 bridgehead atoms. The van der Waals surface area contributed by atoms with Crippen LogP contribution in [0.15, 0.2) is 48.0 Å². The van der Waals surface area contributed by atoms with E-state index in [-0.39, 0.29) is 0 Å². The van der Waals surface area contributed by atoms with Crippen molar-refractivity contribution >= 4 is 5.71 Å². The van der Waals surface area contributed by atoms with Gasteiger partial charge in [-0.05, 0) is 12.5 Å². The number of imidazole rings is 1. The van der Waals surface area contributed by atoms with Crippen LogP contribution >= 0.6 is 0 Å². The topological polar surface area (TPSA) is 44.2 Å². The zero-order valence-electron chi connectivity index (χ0n) is 10.00. The van der Waals surface area contributed by atoms with Gasteiger partial charge in [-0.25, -0.2) is 9.30 Å². The minimum absolute atomic E-state index is 0.606. The van der Waals surface area contributed by atoms with Crippen molar-refractivity contribution in [3.05, 3.63) is 59.3 Å². The van der Waals surface area contributed by atoms with Crippen molar-refractivity contribution in [3.63, 3.8) is 0 Å². The summed E-state index contributed by atoms with van der Waals surface area (Å²) >= 11 is 0. The molecule has 0 aliphatic carbocycles. The molecule has 0 saturated carbocycles. The van der Waals surface area contributed by atoms with E-state index in [0.717, 1.165) is 16.0 Å². The largest absolute Gasteiger partial charge is 0.711 e. The van der Waals surface area contributed by atoms with Crippen LogP contribution in [0.25, 0.3) is 0 Å². The Morgan fingerprint density at radius 3 is 2.59 bits per heavy atom. The van der Waals surface area contributed by atoms with Gasteiger partial charge in [0.05, 0.1) is 5.71 Å². The Balaban J connectivity index is 2.20. The van der Waals surface area contributed by atoms with Gasteiger partial charge in [-0.15, -0.1) is 0 Å². The monoisotopic (exact) mass is 229 g/mol. The minimum atomic E-state index is 0.606. The third kappa shape index (κ3) is 2.72. The third-order valence-electron chi connectivity index (χ3n) is 2.65. The van der Waals surface area contributed by atoms with Gasteiger partial charge in [0, 0.05) is 7.05 Å². The molecule has 0 amide bonds. The summed E-state index contributed by atoms with van der Waals surface area (Å²) < 4.78 is 2.59. The van der Waals surface area contributed by atoms with Crippen LogP contribution in [-0.2, 0) is 6.54 Å². The second kappa shape index (κ2) is 4.82. The molecule has 0 aliphatic heterocycles. The molecule has 0 N–H and O–H groups in total. The Morgan fingerprint density at radius 2 is 2.06 bits per heavy atom. The lowest BCUT2D eigenvalue weighted by Gasteiger charge is -2.04. The van der Waals surface area contributed by atoms with Gasteiger partial charge < -0.3 is 5.21 Å². The van der Waals surface area contributed by atoms with E-state index in [0.29, 0.717) is 6.54 Å². The van der Waals surface area contributed by atoms with Crippen LogP contribution in [0.5, 0.6) is 0 Å². The smallest absolute Gasteiger partial charge is 0.247 e. The van der Waals surface area contributed by atoms with E-state index in [1.165, 1.54) is 18.1 Å². The van der Waals surface area contributed by atoms with Crippen LogP contribution in [0.4, 0.5) is 0 Å². The highest BCUT2D eigenvalue weighted by Gasteiger charge is 2.07. The third-order valence-corrected chi connectivity index (χ3v) is 2.65. The Hall–Kier alpha value is -2.10. The van der Waals surface area contributed by atoms with Crippen LogP contribution < -0.4 is 4.73 Å². The SMILES string of the molecule is CN=C(Cn1cc[n+]([O-])c1)c1ccc(C)cc1. The fourth-order valence-corrected chi connectivity index (χ4v) is 1.68. The predicted octanol–water partition coefficient (Wildman–Crippen LogP) is 1.55.